The molecular formula is C22H21N5O. The van der Waals surface area contributed by atoms with Gasteiger partial charge in [-0.3, -0.25) is 9.55 Å². The second kappa shape index (κ2) is 6.96. The number of pyridine rings is 1. The van der Waals surface area contributed by atoms with Crippen molar-refractivity contribution in [2.45, 2.75) is 25.3 Å². The second-order valence-corrected chi connectivity index (χ2v) is 7.02. The lowest BCUT2D eigenvalue weighted by Gasteiger charge is -2.27. The Hall–Kier alpha value is -3.41. The van der Waals surface area contributed by atoms with E-state index in [1.54, 1.807) is 13.3 Å². The van der Waals surface area contributed by atoms with Crippen LogP contribution in [0.3, 0.4) is 0 Å². The highest BCUT2D eigenvalue weighted by Crippen LogP contribution is 2.33. The molecule has 5 rings (SSSR count). The second-order valence-electron chi connectivity index (χ2n) is 7.02. The molecule has 3 aromatic heterocycles. The molecule has 140 valence electrons. The van der Waals surface area contributed by atoms with Crippen LogP contribution in [-0.2, 0) is 0 Å². The Labute approximate surface area is 163 Å². The van der Waals surface area contributed by atoms with E-state index in [9.17, 15) is 0 Å². The molecule has 0 radical (unpaired) electrons. The zero-order chi connectivity index (χ0) is 18.9. The third kappa shape index (κ3) is 2.87. The van der Waals surface area contributed by atoms with Crippen LogP contribution in [0.15, 0.2) is 61.1 Å². The summed E-state index contributed by atoms with van der Waals surface area (Å²) in [4.78, 5) is 13.3. The first-order valence-corrected chi connectivity index (χ1v) is 9.52. The molecule has 0 amide bonds. The van der Waals surface area contributed by atoms with Crippen LogP contribution in [0, 0.1) is 0 Å². The van der Waals surface area contributed by atoms with E-state index in [2.05, 4.69) is 49.1 Å². The van der Waals surface area contributed by atoms with Crippen molar-refractivity contribution < 1.29 is 4.74 Å². The Morgan fingerprint density at radius 2 is 1.89 bits per heavy atom. The molecule has 0 saturated heterocycles. The number of nitrogens with one attached hydrogen (secondary N) is 1. The normalized spacial score (nSPS) is 14.0. The van der Waals surface area contributed by atoms with Gasteiger partial charge >= 0.3 is 0 Å². The zero-order valence-electron chi connectivity index (χ0n) is 15.7. The average Bonchev–Trinajstić information content (AvgIpc) is 3.11. The van der Waals surface area contributed by atoms with E-state index in [4.69, 9.17) is 4.74 Å². The quantitative estimate of drug-likeness (QED) is 0.561. The van der Waals surface area contributed by atoms with Gasteiger partial charge in [0.25, 0.3) is 0 Å². The summed E-state index contributed by atoms with van der Waals surface area (Å²) >= 11 is 0. The number of hydrogen-bond acceptors (Lipinski definition) is 5. The van der Waals surface area contributed by atoms with Crippen LogP contribution in [0.2, 0.25) is 0 Å². The molecule has 3 heterocycles. The number of ether oxygens (including phenoxy) is 1. The van der Waals surface area contributed by atoms with Crippen molar-refractivity contribution in [1.82, 2.24) is 19.5 Å². The Morgan fingerprint density at radius 3 is 2.57 bits per heavy atom. The molecule has 0 unspecified atom stereocenters. The van der Waals surface area contributed by atoms with Crippen molar-refractivity contribution in [2.24, 2.45) is 0 Å². The molecule has 4 aromatic rings. The molecule has 1 aliphatic carbocycles. The molecule has 0 atom stereocenters. The monoisotopic (exact) mass is 371 g/mol. The summed E-state index contributed by atoms with van der Waals surface area (Å²) in [6, 6.07) is 17.0. The van der Waals surface area contributed by atoms with Crippen molar-refractivity contribution >= 4 is 16.7 Å². The lowest BCUT2D eigenvalue weighted by molar-refractivity contribution is 0.402. The molecule has 1 aliphatic rings. The van der Waals surface area contributed by atoms with Gasteiger partial charge in [0.1, 0.15) is 6.33 Å². The summed E-state index contributed by atoms with van der Waals surface area (Å²) in [6.45, 7) is 0. The van der Waals surface area contributed by atoms with Crippen LogP contribution in [0.4, 0.5) is 5.69 Å². The van der Waals surface area contributed by atoms with Crippen LogP contribution in [-0.4, -0.2) is 32.7 Å². The number of aromatic nitrogens is 4. The Kier molecular flexibility index (Phi) is 4.16. The highest BCUT2D eigenvalue weighted by Gasteiger charge is 2.19. The zero-order valence-corrected chi connectivity index (χ0v) is 15.7. The number of methoxy groups -OCH3 is 1. The van der Waals surface area contributed by atoms with Crippen LogP contribution in [0.5, 0.6) is 5.88 Å². The average molecular weight is 371 g/mol. The van der Waals surface area contributed by atoms with Gasteiger partial charge in [0, 0.05) is 23.6 Å². The minimum absolute atomic E-state index is 0.559. The molecule has 1 N–H and O–H groups in total. The predicted octanol–water partition coefficient (Wildman–Crippen LogP) is 4.46. The number of nitrogens with zero attached hydrogens (tertiary/aromatic N) is 4. The Bertz CT molecular complexity index is 1100. The minimum Gasteiger partial charge on any atom is -0.480 e. The van der Waals surface area contributed by atoms with Crippen LogP contribution >= 0.6 is 0 Å². The minimum atomic E-state index is 0.559. The SMILES string of the molecule is COc1ncnc2c1cc(-c1ccccn1)n2-c1ccc(NC2CCC2)cc1. The molecule has 1 aromatic carbocycles. The molecule has 0 spiro atoms. The third-order valence-electron chi connectivity index (χ3n) is 5.28. The standard InChI is InChI=1S/C22H21N5O/c1-28-22-18-13-20(19-7-2-3-12-23-19)27(21(18)24-14-25-22)17-10-8-16(9-11-17)26-15-5-4-6-15/h2-3,7-15,26H,4-6H2,1H3. The fraction of sp³-hybridized carbons (Fsp3) is 0.227. The highest BCUT2D eigenvalue weighted by atomic mass is 16.5. The molecule has 6 heteroatoms. The number of anilines is 1. The van der Waals surface area contributed by atoms with E-state index in [0.29, 0.717) is 11.9 Å². The topological polar surface area (TPSA) is 64.9 Å². The molecular weight excluding hydrogens is 350 g/mol. The summed E-state index contributed by atoms with van der Waals surface area (Å²) in [6.07, 6.45) is 7.16. The smallest absolute Gasteiger partial charge is 0.225 e. The Balaban J connectivity index is 1.64. The maximum absolute atomic E-state index is 5.45. The lowest BCUT2D eigenvalue weighted by atomic mass is 9.93. The largest absolute Gasteiger partial charge is 0.480 e. The van der Waals surface area contributed by atoms with Crippen LogP contribution in [0.1, 0.15) is 19.3 Å². The maximum Gasteiger partial charge on any atom is 0.225 e. The van der Waals surface area contributed by atoms with Gasteiger partial charge in [0.15, 0.2) is 5.65 Å². The molecule has 6 nitrogen and oxygen atoms in total. The van der Waals surface area contributed by atoms with Crippen LogP contribution in [0.25, 0.3) is 28.1 Å². The first kappa shape index (κ1) is 16.7. The number of hydrogen-bond donors (Lipinski definition) is 1. The van der Waals surface area contributed by atoms with E-state index >= 15 is 0 Å². The van der Waals surface area contributed by atoms with Crippen molar-refractivity contribution in [3.8, 4) is 23.0 Å². The van der Waals surface area contributed by atoms with Gasteiger partial charge < -0.3 is 10.1 Å². The highest BCUT2D eigenvalue weighted by molar-refractivity contribution is 5.89. The molecule has 1 fully saturated rings. The number of rotatable bonds is 5. The molecule has 0 aliphatic heterocycles. The summed E-state index contributed by atoms with van der Waals surface area (Å²) in [5.41, 5.74) is 4.80. The van der Waals surface area contributed by atoms with E-state index in [0.717, 1.165) is 33.8 Å². The van der Waals surface area contributed by atoms with E-state index in [-0.39, 0.29) is 0 Å². The number of fused-ring (bicyclic) bond motifs is 1. The van der Waals surface area contributed by atoms with E-state index < -0.39 is 0 Å². The van der Waals surface area contributed by atoms with Gasteiger partial charge in [-0.2, -0.15) is 0 Å². The first-order chi connectivity index (χ1) is 13.8. The third-order valence-corrected chi connectivity index (χ3v) is 5.28. The summed E-state index contributed by atoms with van der Waals surface area (Å²) < 4.78 is 7.56. The first-order valence-electron chi connectivity index (χ1n) is 9.52. The predicted molar refractivity (Wildman–Crippen MR) is 110 cm³/mol. The van der Waals surface area contributed by atoms with Crippen molar-refractivity contribution in [3.05, 3.63) is 61.1 Å². The van der Waals surface area contributed by atoms with Crippen LogP contribution < -0.4 is 10.1 Å². The van der Waals surface area contributed by atoms with Crippen molar-refractivity contribution in [3.63, 3.8) is 0 Å². The van der Waals surface area contributed by atoms with Crippen molar-refractivity contribution in [1.29, 1.82) is 0 Å². The molecule has 1 saturated carbocycles. The van der Waals surface area contributed by atoms with Gasteiger partial charge in [-0.1, -0.05) is 6.07 Å². The molecule has 28 heavy (non-hydrogen) atoms. The Morgan fingerprint density at radius 1 is 1.04 bits per heavy atom. The lowest BCUT2D eigenvalue weighted by Crippen LogP contribution is -2.26. The van der Waals surface area contributed by atoms with Gasteiger partial charge in [-0.05, 0) is 61.7 Å². The number of benzene rings is 1. The van der Waals surface area contributed by atoms with Gasteiger partial charge in [-0.25, -0.2) is 9.97 Å². The van der Waals surface area contributed by atoms with Gasteiger partial charge in [0.2, 0.25) is 5.88 Å². The summed E-state index contributed by atoms with van der Waals surface area (Å²) in [7, 11) is 1.63. The summed E-state index contributed by atoms with van der Waals surface area (Å²) in [5.74, 6) is 0.559. The fourth-order valence-corrected chi connectivity index (χ4v) is 3.61. The molecule has 0 bridgehead atoms. The van der Waals surface area contributed by atoms with E-state index in [1.165, 1.54) is 25.6 Å². The van der Waals surface area contributed by atoms with Gasteiger partial charge in [0.05, 0.1) is 23.9 Å². The fourth-order valence-electron chi connectivity index (χ4n) is 3.61. The van der Waals surface area contributed by atoms with Crippen molar-refractivity contribution in [2.75, 3.05) is 12.4 Å². The maximum atomic E-state index is 5.45. The van der Waals surface area contributed by atoms with E-state index in [1.807, 2.05) is 24.3 Å². The van der Waals surface area contributed by atoms with Gasteiger partial charge in [-0.15, -0.1) is 0 Å². The summed E-state index contributed by atoms with van der Waals surface area (Å²) in [5, 5.41) is 4.45.